The molecule has 0 unspecified atom stereocenters. The van der Waals surface area contributed by atoms with Crippen molar-refractivity contribution in [2.24, 2.45) is 0 Å². The van der Waals surface area contributed by atoms with Crippen LogP contribution in [-0.2, 0) is 23.7 Å². The van der Waals surface area contributed by atoms with Crippen LogP contribution in [-0.4, -0.2) is 36.0 Å². The summed E-state index contributed by atoms with van der Waals surface area (Å²) >= 11 is 1.82. The number of carboxylic acids is 1. The fourth-order valence-electron chi connectivity index (χ4n) is 6.14. The molecule has 7 nitrogen and oxygen atoms in total. The summed E-state index contributed by atoms with van der Waals surface area (Å²) in [5.41, 5.74) is 7.60. The van der Waals surface area contributed by atoms with E-state index in [-0.39, 0.29) is 5.56 Å². The molecule has 56 heavy (non-hydrogen) atoms. The van der Waals surface area contributed by atoms with E-state index in [1.807, 2.05) is 84.0 Å². The number of carbonyl (C=O) groups is 1. The van der Waals surface area contributed by atoms with Crippen LogP contribution in [0.4, 0.5) is 0 Å². The van der Waals surface area contributed by atoms with Gasteiger partial charge in [-0.15, -0.1) is 0 Å². The maximum atomic E-state index is 11.5. The van der Waals surface area contributed by atoms with E-state index >= 15 is 0 Å². The molecule has 0 atom stereocenters. The molecule has 5 heterocycles. The molecular formula is C47H51ClN5O2Ru. The molecule has 6 aromatic rings. The summed E-state index contributed by atoms with van der Waals surface area (Å²) in [6.07, 6.45) is 27.1. The van der Waals surface area contributed by atoms with Crippen molar-refractivity contribution in [3.05, 3.63) is 150 Å². The van der Waals surface area contributed by atoms with Crippen molar-refractivity contribution in [3.63, 3.8) is 0 Å². The van der Waals surface area contributed by atoms with E-state index in [9.17, 15) is 9.90 Å². The van der Waals surface area contributed by atoms with Crippen LogP contribution in [0, 0.1) is 0 Å². The van der Waals surface area contributed by atoms with Gasteiger partial charge in [0.1, 0.15) is 0 Å². The van der Waals surface area contributed by atoms with Gasteiger partial charge in [0.2, 0.25) is 0 Å². The van der Waals surface area contributed by atoms with Crippen LogP contribution in [0.5, 0.6) is 0 Å². The van der Waals surface area contributed by atoms with Gasteiger partial charge in [0.05, 0.1) is 39.7 Å². The molecule has 0 bridgehead atoms. The zero-order valence-corrected chi connectivity index (χ0v) is 34.6. The second-order valence-corrected chi connectivity index (χ2v) is 13.4. The van der Waals surface area contributed by atoms with Gasteiger partial charge in [0, 0.05) is 24.8 Å². The Morgan fingerprint density at radius 2 is 1.11 bits per heavy atom. The van der Waals surface area contributed by atoms with E-state index in [0.29, 0.717) is 22.8 Å². The van der Waals surface area contributed by atoms with Crippen LogP contribution in [0.15, 0.2) is 128 Å². The number of halogens is 1. The van der Waals surface area contributed by atoms with Crippen LogP contribution < -0.4 is 0 Å². The van der Waals surface area contributed by atoms with Crippen molar-refractivity contribution in [3.8, 4) is 34.2 Å². The molecule has 0 fully saturated rings. The maximum Gasteiger partial charge on any atom is 0.0267 e. The van der Waals surface area contributed by atoms with Crippen LogP contribution in [0.3, 0.4) is 0 Å². The molecule has 0 saturated heterocycles. The van der Waals surface area contributed by atoms with E-state index in [1.165, 1.54) is 94.5 Å². The fraction of sp³-hybridized carbons (Fsp3) is 0.277. The summed E-state index contributed by atoms with van der Waals surface area (Å²) in [5.74, 6) is -1.00. The van der Waals surface area contributed by atoms with Gasteiger partial charge < -0.3 is 5.11 Å². The third-order valence-corrected chi connectivity index (χ3v) is 9.14. The molecule has 0 spiro atoms. The first-order valence-corrected chi connectivity index (χ1v) is 21.7. The Morgan fingerprint density at radius 3 is 1.70 bits per heavy atom. The summed E-state index contributed by atoms with van der Waals surface area (Å²) < 4.78 is 0. The van der Waals surface area contributed by atoms with Crippen molar-refractivity contribution in [2.75, 3.05) is 0 Å². The second kappa shape index (κ2) is 26.0. The quantitative estimate of drug-likeness (QED) is 0.0678. The molecule has 0 aliphatic rings. The van der Waals surface area contributed by atoms with E-state index in [0.717, 1.165) is 28.9 Å². The Bertz CT molecular complexity index is 2000. The van der Waals surface area contributed by atoms with E-state index < -0.39 is 5.97 Å². The van der Waals surface area contributed by atoms with Gasteiger partial charge in [-0.05, 0) is 90.2 Å². The first-order valence-electron chi connectivity index (χ1n) is 19.4. The van der Waals surface area contributed by atoms with E-state index in [2.05, 4.69) is 68.0 Å². The number of aryl methyl sites for hydroxylation is 1. The van der Waals surface area contributed by atoms with Gasteiger partial charge in [-0.2, -0.15) is 0 Å². The third kappa shape index (κ3) is 15.7. The number of pyridine rings is 5. The predicted molar refractivity (Wildman–Crippen MR) is 227 cm³/mol. The van der Waals surface area contributed by atoms with Crippen LogP contribution >= 0.6 is 9.69 Å². The van der Waals surface area contributed by atoms with Crippen molar-refractivity contribution < 1.29 is 27.2 Å². The summed E-state index contributed by atoms with van der Waals surface area (Å²) in [7, 11) is 4.57. The van der Waals surface area contributed by atoms with Gasteiger partial charge in [-0.25, -0.2) is 14.8 Å². The molecule has 6 rings (SSSR count). The number of unbranched alkanes of at least 4 members (excludes halogenated alkanes) is 10. The molecule has 0 radical (unpaired) electrons. The van der Waals surface area contributed by atoms with Gasteiger partial charge >= 0.3 is 33.0 Å². The van der Waals surface area contributed by atoms with Gasteiger partial charge in [-0.3, -0.25) is 15.0 Å². The summed E-state index contributed by atoms with van der Waals surface area (Å²) in [5, 5.41) is 9.43. The fourth-order valence-corrected chi connectivity index (χ4v) is 6.14. The Hall–Kier alpha value is -4.91. The van der Waals surface area contributed by atoms with Crippen molar-refractivity contribution >= 4 is 27.8 Å². The first-order chi connectivity index (χ1) is 27.6. The minimum Gasteiger partial charge on any atom is -0.265 e. The second-order valence-electron chi connectivity index (χ2n) is 13.4. The molecule has 1 aromatic carbocycles. The molecular weight excluding hydrogens is 803 g/mol. The normalized spacial score (nSPS) is 10.6. The molecule has 0 saturated carbocycles. The van der Waals surface area contributed by atoms with E-state index in [1.54, 1.807) is 18.6 Å². The Kier molecular flexibility index (Phi) is 20.4. The first kappa shape index (κ1) is 43.8. The molecule has 0 amide bonds. The van der Waals surface area contributed by atoms with Crippen molar-refractivity contribution in [1.29, 1.82) is 0 Å². The topological polar surface area (TPSA) is 102 Å². The van der Waals surface area contributed by atoms with Crippen LogP contribution in [0.1, 0.15) is 105 Å². The largest absolute Gasteiger partial charge is 0.265 e. The maximum absolute atomic E-state index is 11.5. The predicted octanol–water partition coefficient (Wildman–Crippen LogP) is 12.8. The van der Waals surface area contributed by atoms with Gasteiger partial charge in [0.15, 0.2) is 0 Å². The minimum atomic E-state index is -1.00. The zero-order valence-electron chi connectivity index (χ0n) is 32.1. The Balaban J connectivity index is 0.000000783. The molecule has 0 aliphatic heterocycles. The summed E-state index contributed by atoms with van der Waals surface area (Å²) in [6, 6.07) is 33.0. The van der Waals surface area contributed by atoms with Crippen LogP contribution in [0.2, 0.25) is 0 Å². The Morgan fingerprint density at radius 1 is 0.554 bits per heavy atom. The van der Waals surface area contributed by atoms with Gasteiger partial charge in [0.25, 0.3) is 0 Å². The smallest absolute Gasteiger partial charge is 0.0267 e. The molecule has 0 aliphatic carbocycles. The number of carboxylic acid groups (broad SMARTS) is 1. The molecule has 291 valence electrons. The number of hydrogen-bond donors (Lipinski definition) is 1. The number of benzene rings is 1. The van der Waals surface area contributed by atoms with Crippen molar-refractivity contribution in [2.45, 2.75) is 84.0 Å². The number of hydrogen-bond acceptors (Lipinski definition) is 6. The summed E-state index contributed by atoms with van der Waals surface area (Å²) in [4.78, 5) is 33.9. The van der Waals surface area contributed by atoms with Crippen LogP contribution in [0.25, 0.3) is 46.3 Å². The SMILES string of the molecule is CCCCCCCCCCCCCc1ccc(/C=C/c2cc(-c3ccccn3)nc(-c3cccc(-c4cc(C(=O)O)ccn4)n3)c2)cc1.[Cl][Ru].c1ccncc1. The average molecular weight is 854 g/mol. The minimum absolute atomic E-state index is 0.164. The van der Waals surface area contributed by atoms with E-state index in [4.69, 9.17) is 9.97 Å². The number of nitrogens with zero attached hydrogens (tertiary/aromatic N) is 5. The molecule has 9 heteroatoms. The molecule has 5 aromatic heterocycles. The number of aromatic carboxylic acids is 1. The molecule has 1 N–H and O–H groups in total. The van der Waals surface area contributed by atoms with Gasteiger partial charge in [-0.1, -0.05) is 126 Å². The average Bonchev–Trinajstić information content (AvgIpc) is 3.27. The van der Waals surface area contributed by atoms with Crippen molar-refractivity contribution in [1.82, 2.24) is 24.9 Å². The number of aromatic nitrogens is 5. The Labute approximate surface area is 346 Å². The number of rotatable bonds is 18. The monoisotopic (exact) mass is 854 g/mol. The standard InChI is InChI=1S/C42H46N4O2.C5H5N.ClH.Ru/c1-2-3-4-5-6-7-8-9-10-11-12-16-32-20-22-33(23-21-32)24-25-34-29-40(36-17-13-14-27-43-36)46-41(30-34)38-19-15-18-37(45-38)39-31-35(42(47)48)26-28-44-39;1-2-4-6-5-3-1;;/h13-15,17-31H,2-12,16H2,1H3,(H,47,48);1-5H;1H;/q;;;+1/p-1/b25-24+;;;. The summed E-state index contributed by atoms with van der Waals surface area (Å²) in [6.45, 7) is 2.28. The zero-order chi connectivity index (χ0) is 39.6. The third-order valence-electron chi connectivity index (χ3n) is 9.14.